The Morgan fingerprint density at radius 1 is 0.614 bits per heavy atom. The largest absolute Gasteiger partial charge is 0.490 e. The van der Waals surface area contributed by atoms with E-state index in [2.05, 4.69) is 39.4 Å². The molecule has 2 heterocycles. The maximum atomic E-state index is 6.19. The first-order chi connectivity index (χ1) is 21.8. The molecular formula is C34H37N3O7. The van der Waals surface area contributed by atoms with Crippen molar-refractivity contribution in [2.24, 2.45) is 0 Å². The van der Waals surface area contributed by atoms with Gasteiger partial charge in [-0.2, -0.15) is 5.10 Å². The minimum absolute atomic E-state index is 0.191. The zero-order chi connectivity index (χ0) is 29.8. The summed E-state index contributed by atoms with van der Waals surface area (Å²) < 4.78 is 42.1. The summed E-state index contributed by atoms with van der Waals surface area (Å²) in [6, 6.07) is 28.3. The van der Waals surface area contributed by atoms with Crippen molar-refractivity contribution in [3.63, 3.8) is 0 Å². The second kappa shape index (κ2) is 15.6. The summed E-state index contributed by atoms with van der Waals surface area (Å²) in [5.74, 6) is 2.70. The first-order valence-electron chi connectivity index (χ1n) is 14.9. The van der Waals surface area contributed by atoms with Crippen LogP contribution in [0.1, 0.15) is 11.6 Å². The Kier molecular flexibility index (Phi) is 10.6. The fraction of sp³-hybridized carbons (Fsp3) is 0.353. The van der Waals surface area contributed by atoms with Crippen molar-refractivity contribution < 1.29 is 33.2 Å². The van der Waals surface area contributed by atoms with Crippen LogP contribution < -0.4 is 9.47 Å². The van der Waals surface area contributed by atoms with E-state index in [1.54, 1.807) is 0 Å². The Balaban J connectivity index is 1.07. The van der Waals surface area contributed by atoms with Gasteiger partial charge >= 0.3 is 0 Å². The molecule has 0 saturated carbocycles. The molecule has 1 aromatic heterocycles. The second-order valence-corrected chi connectivity index (χ2v) is 10.4. The Labute approximate surface area is 256 Å². The van der Waals surface area contributed by atoms with Gasteiger partial charge in [-0.15, -0.1) is 0 Å². The summed E-state index contributed by atoms with van der Waals surface area (Å²) in [5.41, 5.74) is 0. The molecule has 1 aliphatic heterocycles. The van der Waals surface area contributed by atoms with Crippen molar-refractivity contribution in [1.29, 1.82) is 0 Å². The van der Waals surface area contributed by atoms with E-state index in [9.17, 15) is 0 Å². The van der Waals surface area contributed by atoms with E-state index in [-0.39, 0.29) is 25.4 Å². The Bertz CT molecular complexity index is 1480. The smallest absolute Gasteiger partial charge is 0.176 e. The van der Waals surface area contributed by atoms with E-state index in [1.807, 2.05) is 60.7 Å². The molecule has 10 nitrogen and oxygen atoms in total. The van der Waals surface area contributed by atoms with E-state index in [0.29, 0.717) is 64.5 Å². The highest BCUT2D eigenvalue weighted by molar-refractivity contribution is 5.88. The lowest BCUT2D eigenvalue weighted by molar-refractivity contribution is -0.0684. The van der Waals surface area contributed by atoms with Crippen LogP contribution in [-0.2, 0) is 36.9 Å². The molecule has 6 rings (SSSR count). The van der Waals surface area contributed by atoms with Crippen molar-refractivity contribution in [1.82, 2.24) is 15.2 Å². The Morgan fingerprint density at radius 2 is 1.14 bits per heavy atom. The van der Waals surface area contributed by atoms with Crippen molar-refractivity contribution in [2.45, 2.75) is 25.4 Å². The van der Waals surface area contributed by atoms with Crippen LogP contribution in [0.2, 0.25) is 0 Å². The van der Waals surface area contributed by atoms with Crippen LogP contribution >= 0.6 is 0 Å². The van der Waals surface area contributed by atoms with Gasteiger partial charge in [0.1, 0.15) is 50.1 Å². The first kappa shape index (κ1) is 30.0. The van der Waals surface area contributed by atoms with Crippen molar-refractivity contribution in [3.8, 4) is 11.5 Å². The van der Waals surface area contributed by atoms with Crippen LogP contribution in [0.25, 0.3) is 21.5 Å². The molecule has 0 fully saturated rings. The predicted octanol–water partition coefficient (Wildman–Crippen LogP) is 5.10. The van der Waals surface area contributed by atoms with Crippen LogP contribution in [0.4, 0.5) is 0 Å². The number of rotatable bonds is 6. The predicted molar refractivity (Wildman–Crippen MR) is 165 cm³/mol. The average molecular weight is 600 g/mol. The van der Waals surface area contributed by atoms with E-state index in [4.69, 9.17) is 33.2 Å². The fourth-order valence-corrected chi connectivity index (χ4v) is 4.92. The summed E-state index contributed by atoms with van der Waals surface area (Å²) in [6.45, 7) is 3.42. The standard InChI is InChI=1S/C34H37N3O7/c1-3-11-29-25(7-1)9-5-13-31(29)43-21-27-19-39-17-15-38-16-18-40-20-28(42-24-34-35-33(23-41-27)36-37-34)22-44-32-14-6-10-26-8-2-4-12-30(26)32/h1-14,27-28H,15-24H2,(H,35,36,37). The van der Waals surface area contributed by atoms with Crippen molar-refractivity contribution >= 4 is 21.5 Å². The summed E-state index contributed by atoms with van der Waals surface area (Å²) in [6.07, 6.45) is -0.679. The third-order valence-electron chi connectivity index (χ3n) is 7.18. The highest BCUT2D eigenvalue weighted by Crippen LogP contribution is 2.26. The number of nitrogens with zero attached hydrogens (tertiary/aromatic N) is 2. The number of nitrogens with one attached hydrogen (secondary N) is 1. The third kappa shape index (κ3) is 8.31. The molecule has 10 heteroatoms. The Hall–Kier alpha value is -4.06. The molecular weight excluding hydrogens is 562 g/mol. The molecule has 2 unspecified atom stereocenters. The van der Waals surface area contributed by atoms with Crippen LogP contribution in [0.5, 0.6) is 11.5 Å². The molecule has 0 saturated heterocycles. The molecule has 4 aromatic carbocycles. The third-order valence-corrected chi connectivity index (χ3v) is 7.18. The van der Waals surface area contributed by atoms with Gasteiger partial charge in [0.05, 0.1) is 39.6 Å². The van der Waals surface area contributed by atoms with Crippen LogP contribution in [0.3, 0.4) is 0 Å². The van der Waals surface area contributed by atoms with Crippen molar-refractivity contribution in [2.75, 3.05) is 52.9 Å². The lowest BCUT2D eigenvalue weighted by Gasteiger charge is -2.20. The second-order valence-electron chi connectivity index (χ2n) is 10.4. The van der Waals surface area contributed by atoms with Gasteiger partial charge in [0, 0.05) is 10.8 Å². The zero-order valence-electron chi connectivity index (χ0n) is 24.6. The Morgan fingerprint density at radius 3 is 1.75 bits per heavy atom. The molecule has 5 aromatic rings. The zero-order valence-corrected chi connectivity index (χ0v) is 24.6. The van der Waals surface area contributed by atoms with Crippen LogP contribution in [0.15, 0.2) is 84.9 Å². The number of benzene rings is 4. The molecule has 2 bridgehead atoms. The number of hydrogen-bond donors (Lipinski definition) is 1. The molecule has 1 aliphatic rings. The van der Waals surface area contributed by atoms with E-state index >= 15 is 0 Å². The van der Waals surface area contributed by atoms with Gasteiger partial charge in [-0.25, -0.2) is 4.98 Å². The molecule has 230 valence electrons. The van der Waals surface area contributed by atoms with Gasteiger partial charge < -0.3 is 33.2 Å². The minimum Gasteiger partial charge on any atom is -0.490 e. The quantitative estimate of drug-likeness (QED) is 0.285. The molecule has 0 amide bonds. The van der Waals surface area contributed by atoms with Gasteiger partial charge in [0.25, 0.3) is 0 Å². The highest BCUT2D eigenvalue weighted by atomic mass is 16.6. The number of ether oxygens (including phenoxy) is 7. The topological polar surface area (TPSA) is 106 Å². The van der Waals surface area contributed by atoms with Crippen LogP contribution in [0, 0.1) is 0 Å². The minimum atomic E-state index is -0.343. The normalized spacial score (nSPS) is 19.3. The summed E-state index contributed by atoms with van der Waals surface area (Å²) in [4.78, 5) is 4.56. The summed E-state index contributed by atoms with van der Waals surface area (Å²) >= 11 is 0. The fourth-order valence-electron chi connectivity index (χ4n) is 4.92. The molecule has 0 aliphatic carbocycles. The van der Waals surface area contributed by atoms with Gasteiger partial charge in [0.2, 0.25) is 0 Å². The number of hydrogen-bond acceptors (Lipinski definition) is 9. The maximum absolute atomic E-state index is 6.19. The van der Waals surface area contributed by atoms with Crippen molar-refractivity contribution in [3.05, 3.63) is 96.6 Å². The number of H-pyrrole nitrogens is 1. The average Bonchev–Trinajstić information content (AvgIpc) is 3.53. The lowest BCUT2D eigenvalue weighted by atomic mass is 10.1. The van der Waals surface area contributed by atoms with Gasteiger partial charge in [-0.05, 0) is 22.9 Å². The number of fused-ring (bicyclic) bond motifs is 4. The SMILES string of the molecule is c1ccc2c(OCC3COCCOCCOCC(COc4cccc5ccccc45)OCc4nc(n[nH]4)CO3)cccc2c1. The highest BCUT2D eigenvalue weighted by Gasteiger charge is 2.17. The van der Waals surface area contributed by atoms with E-state index in [0.717, 1.165) is 33.0 Å². The molecule has 1 N–H and O–H groups in total. The summed E-state index contributed by atoms with van der Waals surface area (Å²) in [5, 5.41) is 11.6. The molecule has 0 spiro atoms. The number of aromatic nitrogens is 3. The summed E-state index contributed by atoms with van der Waals surface area (Å²) in [7, 11) is 0. The monoisotopic (exact) mass is 599 g/mol. The molecule has 0 radical (unpaired) electrons. The van der Waals surface area contributed by atoms with Gasteiger partial charge in [-0.3, -0.25) is 5.10 Å². The van der Waals surface area contributed by atoms with Crippen LogP contribution in [-0.4, -0.2) is 80.2 Å². The van der Waals surface area contributed by atoms with E-state index in [1.165, 1.54) is 0 Å². The molecule has 2 atom stereocenters. The first-order valence-corrected chi connectivity index (χ1v) is 14.9. The van der Waals surface area contributed by atoms with E-state index < -0.39 is 0 Å². The molecule has 44 heavy (non-hydrogen) atoms. The van der Waals surface area contributed by atoms with Gasteiger partial charge in [-0.1, -0.05) is 72.8 Å². The number of aromatic amines is 1. The maximum Gasteiger partial charge on any atom is 0.176 e. The van der Waals surface area contributed by atoms with Gasteiger partial charge in [0.15, 0.2) is 11.6 Å². The lowest BCUT2D eigenvalue weighted by Crippen LogP contribution is -2.29.